The van der Waals surface area contributed by atoms with Crippen molar-refractivity contribution >= 4 is 17.5 Å². The Labute approximate surface area is 230 Å². The number of methoxy groups -OCH3 is 1. The van der Waals surface area contributed by atoms with Crippen molar-refractivity contribution in [3.63, 3.8) is 0 Å². The average Bonchev–Trinajstić information content (AvgIpc) is 3.35. The Kier molecular flexibility index (Phi) is 9.80. The van der Waals surface area contributed by atoms with Crippen LogP contribution in [0.3, 0.4) is 0 Å². The summed E-state index contributed by atoms with van der Waals surface area (Å²) in [5.41, 5.74) is 8.50. The van der Waals surface area contributed by atoms with E-state index in [9.17, 15) is 0 Å². The molecule has 3 aliphatic rings. The molecule has 2 aliphatic heterocycles. The van der Waals surface area contributed by atoms with E-state index in [0.29, 0.717) is 0 Å². The number of likely N-dealkylation sites (tertiary alicyclic amines) is 1. The van der Waals surface area contributed by atoms with Gasteiger partial charge in [0.1, 0.15) is 5.76 Å². The van der Waals surface area contributed by atoms with Gasteiger partial charge in [-0.05, 0) is 75.3 Å². The topological polar surface area (TPSA) is 31.0 Å². The van der Waals surface area contributed by atoms with Crippen molar-refractivity contribution in [3.8, 4) is 0 Å². The van der Waals surface area contributed by atoms with Crippen molar-refractivity contribution in [3.05, 3.63) is 89.5 Å². The van der Waals surface area contributed by atoms with E-state index < -0.39 is 0 Å². The molecule has 2 fully saturated rings. The highest BCUT2D eigenvalue weighted by atomic mass is 16.5. The fourth-order valence-corrected chi connectivity index (χ4v) is 5.48. The minimum atomic E-state index is 0.920. The molecule has 1 N–H and O–H groups in total. The number of benzene rings is 1. The van der Waals surface area contributed by atoms with Crippen LogP contribution in [0, 0.1) is 0 Å². The fraction of sp³-hybridized carbons (Fsp3) is 0.455. The predicted octanol–water partition coefficient (Wildman–Crippen LogP) is 6.56. The van der Waals surface area contributed by atoms with Crippen molar-refractivity contribution in [1.29, 1.82) is 0 Å². The van der Waals surface area contributed by atoms with Crippen LogP contribution < -0.4 is 10.2 Å². The first-order valence-corrected chi connectivity index (χ1v) is 14.2. The van der Waals surface area contributed by atoms with Gasteiger partial charge in [0.15, 0.2) is 0 Å². The zero-order chi connectivity index (χ0) is 26.9. The van der Waals surface area contributed by atoms with E-state index in [4.69, 9.17) is 4.74 Å². The molecule has 0 bridgehead atoms. The lowest BCUT2D eigenvalue weighted by atomic mass is 10.0. The third kappa shape index (κ3) is 7.15. The molecule has 38 heavy (non-hydrogen) atoms. The molecule has 0 unspecified atom stereocenters. The quantitative estimate of drug-likeness (QED) is 0.267. The standard InChI is InChI=1S/C33H46N4O/c1-26(2)11-8-13-30-25-29(28(4)34-18-10-20-35-19-9-12-27(35)3)16-17-31(30)36-21-23-37(24-22-36)32-14-6-7-15-33(32)38-5/h8,11,13-17,25,34H,3-4,6-7,9-10,12,18-24H2,1-2,5H3/b13-8+. The summed E-state index contributed by atoms with van der Waals surface area (Å²) < 4.78 is 5.65. The summed E-state index contributed by atoms with van der Waals surface area (Å²) in [6, 6.07) is 6.77. The molecule has 1 aromatic carbocycles. The molecule has 0 aromatic heterocycles. The minimum Gasteiger partial charge on any atom is -0.495 e. The second-order valence-electron chi connectivity index (χ2n) is 10.7. The van der Waals surface area contributed by atoms with Crippen LogP contribution >= 0.6 is 0 Å². The van der Waals surface area contributed by atoms with E-state index in [2.05, 4.69) is 95.6 Å². The van der Waals surface area contributed by atoms with Crippen molar-refractivity contribution < 1.29 is 4.74 Å². The van der Waals surface area contributed by atoms with Crippen LogP contribution in [0.2, 0.25) is 0 Å². The molecule has 1 aliphatic carbocycles. The number of anilines is 1. The second-order valence-corrected chi connectivity index (χ2v) is 10.7. The number of piperazine rings is 1. The van der Waals surface area contributed by atoms with Crippen LogP contribution in [0.5, 0.6) is 0 Å². The number of allylic oxidation sites excluding steroid dienone is 6. The van der Waals surface area contributed by atoms with E-state index in [0.717, 1.165) is 88.5 Å². The summed E-state index contributed by atoms with van der Waals surface area (Å²) in [4.78, 5) is 7.41. The molecule has 0 spiro atoms. The van der Waals surface area contributed by atoms with Crippen molar-refractivity contribution in [1.82, 2.24) is 15.1 Å². The lowest BCUT2D eigenvalue weighted by Gasteiger charge is -2.39. The average molecular weight is 515 g/mol. The lowest BCUT2D eigenvalue weighted by Crippen LogP contribution is -2.46. The summed E-state index contributed by atoms with van der Waals surface area (Å²) in [7, 11) is 1.78. The number of nitrogens with one attached hydrogen (secondary N) is 1. The Morgan fingerprint density at radius 2 is 1.82 bits per heavy atom. The summed E-state index contributed by atoms with van der Waals surface area (Å²) in [6.07, 6.45) is 16.7. The largest absolute Gasteiger partial charge is 0.495 e. The van der Waals surface area contributed by atoms with Crippen LogP contribution in [0.4, 0.5) is 5.69 Å². The van der Waals surface area contributed by atoms with Crippen molar-refractivity contribution in [2.24, 2.45) is 0 Å². The third-order valence-corrected chi connectivity index (χ3v) is 7.63. The van der Waals surface area contributed by atoms with Gasteiger partial charge in [0, 0.05) is 62.9 Å². The maximum atomic E-state index is 5.65. The van der Waals surface area contributed by atoms with Crippen molar-refractivity contribution in [2.75, 3.05) is 57.8 Å². The molecule has 2 heterocycles. The zero-order valence-corrected chi connectivity index (χ0v) is 23.8. The summed E-state index contributed by atoms with van der Waals surface area (Å²) >= 11 is 0. The van der Waals surface area contributed by atoms with Gasteiger partial charge >= 0.3 is 0 Å². The number of rotatable bonds is 11. The van der Waals surface area contributed by atoms with E-state index in [-0.39, 0.29) is 0 Å². The van der Waals surface area contributed by atoms with Gasteiger partial charge in [0.05, 0.1) is 12.8 Å². The second kappa shape index (κ2) is 13.5. The third-order valence-electron chi connectivity index (χ3n) is 7.63. The molecule has 0 saturated carbocycles. The first kappa shape index (κ1) is 27.7. The predicted molar refractivity (Wildman–Crippen MR) is 163 cm³/mol. The van der Waals surface area contributed by atoms with E-state index in [1.54, 1.807) is 7.11 Å². The highest BCUT2D eigenvalue weighted by molar-refractivity contribution is 5.74. The van der Waals surface area contributed by atoms with Crippen LogP contribution in [0.15, 0.2) is 78.4 Å². The normalized spacial score (nSPS) is 18.0. The van der Waals surface area contributed by atoms with Crippen molar-refractivity contribution in [2.45, 2.75) is 46.0 Å². The number of hydrogen-bond acceptors (Lipinski definition) is 5. The molecule has 5 heteroatoms. The molecular weight excluding hydrogens is 468 g/mol. The molecule has 0 atom stereocenters. The van der Waals surface area contributed by atoms with E-state index >= 15 is 0 Å². The van der Waals surface area contributed by atoms with Crippen LogP contribution in [-0.2, 0) is 4.74 Å². The zero-order valence-electron chi connectivity index (χ0n) is 23.8. The molecule has 2 saturated heterocycles. The van der Waals surface area contributed by atoms with Crippen LogP contribution in [0.25, 0.3) is 11.8 Å². The number of hydrogen-bond donors (Lipinski definition) is 1. The molecule has 1 aromatic rings. The van der Waals surface area contributed by atoms with Gasteiger partial charge in [-0.3, -0.25) is 0 Å². The Bertz CT molecular complexity index is 1110. The first-order valence-electron chi connectivity index (χ1n) is 14.2. The molecule has 4 rings (SSSR count). The van der Waals surface area contributed by atoms with Crippen LogP contribution in [0.1, 0.15) is 57.1 Å². The Balaban J connectivity index is 1.41. The number of ether oxygens (including phenoxy) is 1. The minimum absolute atomic E-state index is 0.920. The fourth-order valence-electron chi connectivity index (χ4n) is 5.48. The van der Waals surface area contributed by atoms with E-state index in [1.807, 2.05) is 0 Å². The van der Waals surface area contributed by atoms with Gasteiger partial charge < -0.3 is 24.8 Å². The van der Waals surface area contributed by atoms with Crippen LogP contribution in [-0.4, -0.2) is 62.7 Å². The Hall–Kier alpha value is -3.34. The SMILES string of the molecule is C=C(NCCCN1CCCC1=C)c1ccc(N2CCN(C3=CCCC=C3OC)CC2)c(/C=C/C=C(C)C)c1. The molecule has 5 nitrogen and oxygen atoms in total. The highest BCUT2D eigenvalue weighted by Crippen LogP contribution is 2.29. The molecular formula is C33H46N4O. The van der Waals surface area contributed by atoms with Gasteiger partial charge in [-0.15, -0.1) is 0 Å². The number of nitrogens with zero attached hydrogens (tertiary/aromatic N) is 3. The molecule has 0 radical (unpaired) electrons. The van der Waals surface area contributed by atoms with Gasteiger partial charge in [-0.1, -0.05) is 49.1 Å². The van der Waals surface area contributed by atoms with Gasteiger partial charge in [-0.2, -0.15) is 0 Å². The summed E-state index contributed by atoms with van der Waals surface area (Å²) in [5.74, 6) is 1.02. The Morgan fingerprint density at radius 3 is 2.53 bits per heavy atom. The van der Waals surface area contributed by atoms with Gasteiger partial charge in [0.2, 0.25) is 0 Å². The maximum absolute atomic E-state index is 5.65. The monoisotopic (exact) mass is 514 g/mol. The highest BCUT2D eigenvalue weighted by Gasteiger charge is 2.23. The lowest BCUT2D eigenvalue weighted by molar-refractivity contribution is 0.243. The Morgan fingerprint density at radius 1 is 1.05 bits per heavy atom. The molecule has 0 amide bonds. The van der Waals surface area contributed by atoms with E-state index in [1.165, 1.54) is 34.6 Å². The first-order chi connectivity index (χ1) is 18.5. The van der Waals surface area contributed by atoms with Gasteiger partial charge in [0.25, 0.3) is 0 Å². The summed E-state index contributed by atoms with van der Waals surface area (Å²) in [6.45, 7) is 19.9. The molecule has 204 valence electrons. The van der Waals surface area contributed by atoms with Gasteiger partial charge in [-0.25, -0.2) is 0 Å². The summed E-state index contributed by atoms with van der Waals surface area (Å²) in [5, 5.41) is 3.56. The smallest absolute Gasteiger partial charge is 0.137 e. The maximum Gasteiger partial charge on any atom is 0.137 e.